The summed E-state index contributed by atoms with van der Waals surface area (Å²) in [4.78, 5) is 4.22. The standard InChI is InChI=1S/C13H12BrFN2O/c1-18-13-4-2-3-12(17-13)16-8-9-7-10(15)5-6-11(9)14/h2-7H,8H2,1H3,(H,16,17). The molecule has 1 aromatic carbocycles. The van der Waals surface area contributed by atoms with Gasteiger partial charge in [0.1, 0.15) is 11.6 Å². The molecule has 0 unspecified atom stereocenters. The molecule has 1 aromatic heterocycles. The number of aromatic nitrogens is 1. The number of nitrogens with one attached hydrogen (secondary N) is 1. The highest BCUT2D eigenvalue weighted by molar-refractivity contribution is 9.10. The number of hydrogen-bond acceptors (Lipinski definition) is 3. The molecule has 0 aliphatic heterocycles. The summed E-state index contributed by atoms with van der Waals surface area (Å²) >= 11 is 3.38. The number of halogens is 2. The normalized spacial score (nSPS) is 10.2. The lowest BCUT2D eigenvalue weighted by atomic mass is 10.2. The Balaban J connectivity index is 2.08. The summed E-state index contributed by atoms with van der Waals surface area (Å²) in [6.45, 7) is 0.485. The average molecular weight is 311 g/mol. The van der Waals surface area contributed by atoms with E-state index in [1.54, 1.807) is 19.2 Å². The number of benzene rings is 1. The molecule has 0 amide bonds. The van der Waals surface area contributed by atoms with Gasteiger partial charge >= 0.3 is 0 Å². The highest BCUT2D eigenvalue weighted by Crippen LogP contribution is 2.19. The van der Waals surface area contributed by atoms with E-state index >= 15 is 0 Å². The van der Waals surface area contributed by atoms with E-state index in [4.69, 9.17) is 4.74 Å². The molecular formula is C13H12BrFN2O. The number of methoxy groups -OCH3 is 1. The summed E-state index contributed by atoms with van der Waals surface area (Å²) in [5, 5.41) is 3.12. The monoisotopic (exact) mass is 310 g/mol. The second-order valence-electron chi connectivity index (χ2n) is 3.65. The second kappa shape index (κ2) is 5.82. The van der Waals surface area contributed by atoms with Crippen LogP contribution in [0.2, 0.25) is 0 Å². The van der Waals surface area contributed by atoms with Gasteiger partial charge in [-0.1, -0.05) is 22.0 Å². The fraction of sp³-hybridized carbons (Fsp3) is 0.154. The molecule has 0 atom stereocenters. The van der Waals surface area contributed by atoms with Crippen molar-refractivity contribution in [3.8, 4) is 5.88 Å². The summed E-state index contributed by atoms with van der Waals surface area (Å²) in [6, 6.07) is 10.0. The second-order valence-corrected chi connectivity index (χ2v) is 4.51. The lowest BCUT2D eigenvalue weighted by molar-refractivity contribution is 0.398. The van der Waals surface area contributed by atoms with Crippen LogP contribution >= 0.6 is 15.9 Å². The van der Waals surface area contributed by atoms with Crippen LogP contribution < -0.4 is 10.1 Å². The van der Waals surface area contributed by atoms with Crippen molar-refractivity contribution in [1.29, 1.82) is 0 Å². The Morgan fingerprint density at radius 3 is 2.94 bits per heavy atom. The predicted octanol–water partition coefficient (Wildman–Crippen LogP) is 3.60. The minimum absolute atomic E-state index is 0.256. The maximum atomic E-state index is 13.1. The quantitative estimate of drug-likeness (QED) is 0.937. The van der Waals surface area contributed by atoms with E-state index in [0.29, 0.717) is 18.2 Å². The first-order valence-corrected chi connectivity index (χ1v) is 6.17. The van der Waals surface area contributed by atoms with Gasteiger partial charge < -0.3 is 10.1 Å². The number of pyridine rings is 1. The lowest BCUT2D eigenvalue weighted by Gasteiger charge is -2.08. The van der Waals surface area contributed by atoms with Gasteiger partial charge in [-0.15, -0.1) is 0 Å². The SMILES string of the molecule is COc1cccc(NCc2cc(F)ccc2Br)n1. The van der Waals surface area contributed by atoms with Crippen LogP contribution in [-0.4, -0.2) is 12.1 Å². The first-order chi connectivity index (χ1) is 8.69. The molecule has 3 nitrogen and oxygen atoms in total. The van der Waals surface area contributed by atoms with Gasteiger partial charge in [-0.05, 0) is 29.8 Å². The van der Waals surface area contributed by atoms with Gasteiger partial charge in [0.25, 0.3) is 0 Å². The molecule has 0 aliphatic carbocycles. The minimum Gasteiger partial charge on any atom is -0.481 e. The van der Waals surface area contributed by atoms with E-state index in [1.807, 2.05) is 12.1 Å². The molecule has 0 radical (unpaired) electrons. The van der Waals surface area contributed by atoms with E-state index < -0.39 is 0 Å². The van der Waals surface area contributed by atoms with E-state index in [0.717, 1.165) is 10.0 Å². The van der Waals surface area contributed by atoms with Crippen LogP contribution in [0.5, 0.6) is 5.88 Å². The molecule has 0 saturated heterocycles. The largest absolute Gasteiger partial charge is 0.481 e. The van der Waals surface area contributed by atoms with Crippen LogP contribution in [0.1, 0.15) is 5.56 Å². The molecular weight excluding hydrogens is 299 g/mol. The van der Waals surface area contributed by atoms with E-state index in [1.165, 1.54) is 12.1 Å². The number of anilines is 1. The van der Waals surface area contributed by atoms with Crippen LogP contribution in [0.25, 0.3) is 0 Å². The van der Waals surface area contributed by atoms with E-state index in [9.17, 15) is 4.39 Å². The Morgan fingerprint density at radius 1 is 1.33 bits per heavy atom. The highest BCUT2D eigenvalue weighted by Gasteiger charge is 2.03. The number of hydrogen-bond donors (Lipinski definition) is 1. The maximum Gasteiger partial charge on any atom is 0.214 e. The molecule has 1 N–H and O–H groups in total. The number of ether oxygens (including phenoxy) is 1. The Labute approximate surface area is 113 Å². The zero-order valence-electron chi connectivity index (χ0n) is 9.78. The number of rotatable bonds is 4. The molecule has 0 fully saturated rings. The van der Waals surface area contributed by atoms with Gasteiger partial charge in [0.05, 0.1) is 7.11 Å². The van der Waals surface area contributed by atoms with Crippen molar-refractivity contribution in [2.24, 2.45) is 0 Å². The average Bonchev–Trinajstić information content (AvgIpc) is 2.40. The fourth-order valence-corrected chi connectivity index (χ4v) is 1.88. The summed E-state index contributed by atoms with van der Waals surface area (Å²) in [5.74, 6) is 0.970. The van der Waals surface area contributed by atoms with Crippen LogP contribution in [-0.2, 0) is 6.54 Å². The summed E-state index contributed by atoms with van der Waals surface area (Å²) in [7, 11) is 1.56. The zero-order chi connectivity index (χ0) is 13.0. The van der Waals surface area contributed by atoms with E-state index in [-0.39, 0.29) is 5.82 Å². The Kier molecular flexibility index (Phi) is 4.15. The Bertz CT molecular complexity index is 548. The molecule has 0 bridgehead atoms. The van der Waals surface area contributed by atoms with Crippen molar-refractivity contribution in [2.75, 3.05) is 12.4 Å². The molecule has 0 saturated carbocycles. The van der Waals surface area contributed by atoms with Crippen molar-refractivity contribution < 1.29 is 9.13 Å². The highest BCUT2D eigenvalue weighted by atomic mass is 79.9. The molecule has 5 heteroatoms. The fourth-order valence-electron chi connectivity index (χ4n) is 1.49. The van der Waals surface area contributed by atoms with Crippen molar-refractivity contribution in [3.63, 3.8) is 0 Å². The molecule has 2 rings (SSSR count). The third-order valence-electron chi connectivity index (χ3n) is 2.40. The Morgan fingerprint density at radius 2 is 2.17 bits per heavy atom. The Hall–Kier alpha value is -1.62. The first-order valence-electron chi connectivity index (χ1n) is 5.38. The summed E-state index contributed by atoms with van der Waals surface area (Å²) in [6.07, 6.45) is 0. The smallest absolute Gasteiger partial charge is 0.214 e. The third-order valence-corrected chi connectivity index (χ3v) is 3.17. The van der Waals surface area contributed by atoms with Crippen LogP contribution in [0.3, 0.4) is 0 Å². The van der Waals surface area contributed by atoms with Gasteiger partial charge in [-0.3, -0.25) is 0 Å². The van der Waals surface area contributed by atoms with Gasteiger partial charge in [0, 0.05) is 17.1 Å². The molecule has 0 spiro atoms. The van der Waals surface area contributed by atoms with Gasteiger partial charge in [-0.25, -0.2) is 4.39 Å². The predicted molar refractivity (Wildman–Crippen MR) is 72.2 cm³/mol. The first kappa shape index (κ1) is 12.8. The van der Waals surface area contributed by atoms with Gasteiger partial charge in [0.15, 0.2) is 0 Å². The van der Waals surface area contributed by atoms with Crippen molar-refractivity contribution in [2.45, 2.75) is 6.54 Å². The molecule has 18 heavy (non-hydrogen) atoms. The summed E-state index contributed by atoms with van der Waals surface area (Å²) in [5.41, 5.74) is 0.833. The molecule has 94 valence electrons. The summed E-state index contributed by atoms with van der Waals surface area (Å²) < 4.78 is 19.0. The maximum absolute atomic E-state index is 13.1. The van der Waals surface area contributed by atoms with Crippen LogP contribution in [0, 0.1) is 5.82 Å². The van der Waals surface area contributed by atoms with Crippen LogP contribution in [0.15, 0.2) is 40.9 Å². The zero-order valence-corrected chi connectivity index (χ0v) is 11.4. The topological polar surface area (TPSA) is 34.1 Å². The van der Waals surface area contributed by atoms with Crippen LogP contribution in [0.4, 0.5) is 10.2 Å². The van der Waals surface area contributed by atoms with Crippen molar-refractivity contribution in [1.82, 2.24) is 4.98 Å². The van der Waals surface area contributed by atoms with E-state index in [2.05, 4.69) is 26.2 Å². The van der Waals surface area contributed by atoms with Crippen molar-refractivity contribution >= 4 is 21.7 Å². The third kappa shape index (κ3) is 3.20. The molecule has 2 aromatic rings. The minimum atomic E-state index is -0.256. The lowest BCUT2D eigenvalue weighted by Crippen LogP contribution is -2.03. The number of nitrogens with zero attached hydrogens (tertiary/aromatic N) is 1. The van der Waals surface area contributed by atoms with Gasteiger partial charge in [0.2, 0.25) is 5.88 Å². The van der Waals surface area contributed by atoms with Gasteiger partial charge in [-0.2, -0.15) is 4.98 Å². The molecule has 0 aliphatic rings. The van der Waals surface area contributed by atoms with Crippen molar-refractivity contribution in [3.05, 3.63) is 52.3 Å². The molecule has 1 heterocycles.